The molecule has 0 saturated heterocycles. The lowest BCUT2D eigenvalue weighted by Crippen LogP contribution is -2.25. The van der Waals surface area contributed by atoms with Crippen LogP contribution < -0.4 is 15.2 Å². The molecule has 0 radical (unpaired) electrons. The molecule has 0 amide bonds. The summed E-state index contributed by atoms with van der Waals surface area (Å²) in [7, 11) is 0. The number of aliphatic carboxylic acids is 1. The molecule has 1 heterocycles. The Kier molecular flexibility index (Phi) is 8.95. The van der Waals surface area contributed by atoms with Crippen LogP contribution in [0.15, 0.2) is 97.2 Å². The van der Waals surface area contributed by atoms with Crippen molar-refractivity contribution in [2.45, 2.75) is 25.2 Å². The summed E-state index contributed by atoms with van der Waals surface area (Å²) in [5.74, 6) is 0.302. The highest BCUT2D eigenvalue weighted by Gasteiger charge is 2.15. The van der Waals surface area contributed by atoms with Crippen molar-refractivity contribution in [3.05, 3.63) is 113 Å². The maximum Gasteiger partial charge on any atom is 0.125 e. The van der Waals surface area contributed by atoms with Crippen LogP contribution in [-0.2, 0) is 11.2 Å². The molecular formula is C30H28ClN2O3-. The zero-order chi connectivity index (χ0) is 25.2. The summed E-state index contributed by atoms with van der Waals surface area (Å²) in [4.78, 5) is 15.7. The van der Waals surface area contributed by atoms with E-state index in [0.717, 1.165) is 46.8 Å². The quantitative estimate of drug-likeness (QED) is 0.251. The molecule has 4 rings (SSSR count). The van der Waals surface area contributed by atoms with Gasteiger partial charge in [-0.3, -0.25) is 0 Å². The predicted molar refractivity (Wildman–Crippen MR) is 142 cm³/mol. The van der Waals surface area contributed by atoms with E-state index in [1.165, 1.54) is 0 Å². The van der Waals surface area contributed by atoms with Gasteiger partial charge in [0.1, 0.15) is 11.6 Å². The van der Waals surface area contributed by atoms with Crippen molar-refractivity contribution in [1.82, 2.24) is 4.98 Å². The summed E-state index contributed by atoms with van der Waals surface area (Å²) in [5.41, 5.74) is 3.84. The number of halogens is 1. The fraction of sp³-hybridized carbons (Fsp3) is 0.200. The average molecular weight is 500 g/mol. The standard InChI is InChI=1S/C30H29ClN2O3/c31-28-20-24(12-15-27(28)23-7-2-1-3-8-23)25(21-30(34)35)19-22-10-13-26(14-11-22)36-18-6-17-33-29-9-4-5-16-32-29/h1-5,7-16,20,25H,6,17-19,21H2,(H,32,33)(H,34,35)/p-1. The number of rotatable bonds is 12. The van der Waals surface area contributed by atoms with Crippen molar-refractivity contribution in [3.8, 4) is 16.9 Å². The monoisotopic (exact) mass is 499 g/mol. The van der Waals surface area contributed by atoms with E-state index in [4.69, 9.17) is 16.3 Å². The number of nitrogens with zero attached hydrogens (tertiary/aromatic N) is 1. The topological polar surface area (TPSA) is 74.3 Å². The summed E-state index contributed by atoms with van der Waals surface area (Å²) < 4.78 is 5.84. The highest BCUT2D eigenvalue weighted by atomic mass is 35.5. The van der Waals surface area contributed by atoms with Gasteiger partial charge in [-0.2, -0.15) is 0 Å². The smallest absolute Gasteiger partial charge is 0.125 e. The van der Waals surface area contributed by atoms with Crippen molar-refractivity contribution in [3.63, 3.8) is 0 Å². The van der Waals surface area contributed by atoms with Gasteiger partial charge in [-0.05, 0) is 72.2 Å². The molecule has 1 N–H and O–H groups in total. The van der Waals surface area contributed by atoms with Gasteiger partial charge in [-0.15, -0.1) is 0 Å². The number of carboxylic acids is 1. The molecule has 0 aliphatic carbocycles. The second kappa shape index (κ2) is 12.8. The molecule has 0 aliphatic rings. The molecule has 4 aromatic rings. The highest BCUT2D eigenvalue weighted by Crippen LogP contribution is 2.33. The van der Waals surface area contributed by atoms with Gasteiger partial charge in [-0.1, -0.05) is 72.3 Å². The molecular weight excluding hydrogens is 472 g/mol. The summed E-state index contributed by atoms with van der Waals surface area (Å²) in [6.07, 6.45) is 3.07. The van der Waals surface area contributed by atoms with Crippen molar-refractivity contribution in [2.75, 3.05) is 18.5 Å². The Hall–Kier alpha value is -3.83. The first kappa shape index (κ1) is 25.3. The number of hydrogen-bond acceptors (Lipinski definition) is 5. The zero-order valence-electron chi connectivity index (χ0n) is 19.9. The second-order valence-electron chi connectivity index (χ2n) is 8.57. The summed E-state index contributed by atoms with van der Waals surface area (Å²) >= 11 is 6.59. The van der Waals surface area contributed by atoms with Crippen LogP contribution in [-0.4, -0.2) is 24.1 Å². The van der Waals surface area contributed by atoms with Gasteiger partial charge in [-0.25, -0.2) is 4.98 Å². The Morgan fingerprint density at radius 2 is 1.75 bits per heavy atom. The van der Waals surface area contributed by atoms with E-state index in [9.17, 15) is 9.90 Å². The third kappa shape index (κ3) is 7.33. The van der Waals surface area contributed by atoms with Crippen molar-refractivity contribution >= 4 is 23.4 Å². The van der Waals surface area contributed by atoms with E-state index in [2.05, 4.69) is 10.3 Å². The number of carboxylic acid groups (broad SMARTS) is 1. The molecule has 6 heteroatoms. The number of benzene rings is 3. The van der Waals surface area contributed by atoms with Gasteiger partial charge in [0.15, 0.2) is 0 Å². The van der Waals surface area contributed by atoms with Crippen LogP contribution >= 0.6 is 11.6 Å². The van der Waals surface area contributed by atoms with Crippen LogP contribution in [0.25, 0.3) is 11.1 Å². The minimum absolute atomic E-state index is 0.0808. The Labute approximate surface area is 216 Å². The van der Waals surface area contributed by atoms with Gasteiger partial charge >= 0.3 is 0 Å². The van der Waals surface area contributed by atoms with Crippen molar-refractivity contribution < 1.29 is 14.6 Å². The fourth-order valence-corrected chi connectivity index (χ4v) is 4.40. The van der Waals surface area contributed by atoms with Gasteiger partial charge in [0.05, 0.1) is 6.61 Å². The fourth-order valence-electron chi connectivity index (χ4n) is 4.10. The first-order valence-electron chi connectivity index (χ1n) is 12.0. The number of aromatic nitrogens is 1. The molecule has 5 nitrogen and oxygen atoms in total. The minimum atomic E-state index is -1.08. The molecule has 184 valence electrons. The number of pyridine rings is 1. The number of hydrogen-bond donors (Lipinski definition) is 1. The Balaban J connectivity index is 1.34. The van der Waals surface area contributed by atoms with Crippen LogP contribution in [0.1, 0.15) is 29.9 Å². The minimum Gasteiger partial charge on any atom is -0.550 e. The second-order valence-corrected chi connectivity index (χ2v) is 8.98. The third-order valence-corrected chi connectivity index (χ3v) is 6.24. The molecule has 0 bridgehead atoms. The normalized spacial score (nSPS) is 11.6. The van der Waals surface area contributed by atoms with E-state index in [-0.39, 0.29) is 12.3 Å². The van der Waals surface area contributed by atoms with Gasteiger partial charge < -0.3 is 20.0 Å². The summed E-state index contributed by atoms with van der Waals surface area (Å²) in [6.45, 7) is 1.35. The average Bonchev–Trinajstić information content (AvgIpc) is 2.90. The zero-order valence-corrected chi connectivity index (χ0v) is 20.7. The molecule has 0 aliphatic heterocycles. The Bertz CT molecular complexity index is 1250. The van der Waals surface area contributed by atoms with Crippen molar-refractivity contribution in [1.29, 1.82) is 0 Å². The predicted octanol–water partition coefficient (Wildman–Crippen LogP) is 5.75. The molecule has 36 heavy (non-hydrogen) atoms. The molecule has 1 aromatic heterocycles. The summed E-state index contributed by atoms with van der Waals surface area (Å²) in [5, 5.41) is 15.3. The summed E-state index contributed by atoms with van der Waals surface area (Å²) in [6, 6.07) is 29.2. The lowest BCUT2D eigenvalue weighted by molar-refractivity contribution is -0.306. The molecule has 0 saturated carbocycles. The van der Waals surface area contributed by atoms with Crippen LogP contribution in [0.4, 0.5) is 5.82 Å². The third-order valence-electron chi connectivity index (χ3n) is 5.93. The van der Waals surface area contributed by atoms with Crippen molar-refractivity contribution in [2.24, 2.45) is 0 Å². The van der Waals surface area contributed by atoms with E-state index < -0.39 is 5.97 Å². The largest absolute Gasteiger partial charge is 0.550 e. The van der Waals surface area contributed by atoms with Gasteiger partial charge in [0.2, 0.25) is 0 Å². The van der Waals surface area contributed by atoms with E-state index in [1.54, 1.807) is 6.20 Å². The molecule has 0 spiro atoms. The van der Waals surface area contributed by atoms with Gasteiger partial charge in [0, 0.05) is 29.3 Å². The van der Waals surface area contributed by atoms with E-state index in [0.29, 0.717) is 18.1 Å². The van der Waals surface area contributed by atoms with Crippen LogP contribution in [0, 0.1) is 0 Å². The first-order valence-corrected chi connectivity index (χ1v) is 12.4. The maximum absolute atomic E-state index is 11.5. The number of carbonyl (C=O) groups excluding carboxylic acids is 1. The molecule has 1 atom stereocenters. The lowest BCUT2D eigenvalue weighted by atomic mass is 9.88. The molecule has 1 unspecified atom stereocenters. The van der Waals surface area contributed by atoms with E-state index >= 15 is 0 Å². The number of ether oxygens (including phenoxy) is 1. The van der Waals surface area contributed by atoms with Crippen LogP contribution in [0.2, 0.25) is 5.02 Å². The van der Waals surface area contributed by atoms with Gasteiger partial charge in [0.25, 0.3) is 0 Å². The van der Waals surface area contributed by atoms with Crippen LogP contribution in [0.3, 0.4) is 0 Å². The van der Waals surface area contributed by atoms with Crippen LogP contribution in [0.5, 0.6) is 5.75 Å². The first-order chi connectivity index (χ1) is 17.6. The number of nitrogens with one attached hydrogen (secondary N) is 1. The maximum atomic E-state index is 11.5. The molecule has 3 aromatic carbocycles. The van der Waals surface area contributed by atoms with E-state index in [1.807, 2.05) is 91.0 Å². The Morgan fingerprint density at radius 3 is 2.44 bits per heavy atom. The molecule has 0 fully saturated rings. The highest BCUT2D eigenvalue weighted by molar-refractivity contribution is 6.33. The number of anilines is 1. The Morgan fingerprint density at radius 1 is 0.972 bits per heavy atom. The lowest BCUT2D eigenvalue weighted by Gasteiger charge is -2.20. The number of carbonyl (C=O) groups is 1. The SMILES string of the molecule is O=C([O-])CC(Cc1ccc(OCCCNc2ccccn2)cc1)c1ccc(-c2ccccc2)c(Cl)c1.